The maximum absolute atomic E-state index is 12.9. The second kappa shape index (κ2) is 9.22. The van der Waals surface area contributed by atoms with Gasteiger partial charge >= 0.3 is 0 Å². The number of nitrogens with zero attached hydrogens (tertiary/aromatic N) is 2. The number of carbonyl (C=O) groups is 2. The lowest BCUT2D eigenvalue weighted by Gasteiger charge is -2.30. The summed E-state index contributed by atoms with van der Waals surface area (Å²) in [6, 6.07) is 19.3. The van der Waals surface area contributed by atoms with Gasteiger partial charge in [0.05, 0.1) is 12.3 Å². The molecule has 1 aromatic heterocycles. The van der Waals surface area contributed by atoms with Gasteiger partial charge in [0, 0.05) is 24.2 Å². The van der Waals surface area contributed by atoms with Crippen molar-refractivity contribution < 1.29 is 9.59 Å². The molecule has 0 unspecified atom stereocenters. The smallest absolute Gasteiger partial charge is 0.264 e. The fraction of sp³-hybridized carbons (Fsp3) is 0.208. The van der Waals surface area contributed by atoms with Gasteiger partial charge < -0.3 is 15.2 Å². The molecule has 4 rings (SSSR count). The highest BCUT2D eigenvalue weighted by Crippen LogP contribution is 2.23. The first-order valence-electron chi connectivity index (χ1n) is 10.1. The Labute approximate surface area is 184 Å². The molecular formula is C24H23N3O3S. The van der Waals surface area contributed by atoms with Crippen molar-refractivity contribution >= 4 is 23.6 Å². The highest BCUT2D eigenvalue weighted by atomic mass is 32.2. The Morgan fingerprint density at radius 2 is 1.68 bits per heavy atom. The average Bonchev–Trinajstić information content (AvgIpc) is 2.79. The molecule has 1 aliphatic heterocycles. The third kappa shape index (κ3) is 4.72. The number of benzene rings is 2. The molecule has 31 heavy (non-hydrogen) atoms. The summed E-state index contributed by atoms with van der Waals surface area (Å²) in [6.45, 7) is 1.16. The van der Waals surface area contributed by atoms with E-state index in [0.29, 0.717) is 37.4 Å². The third-order valence-electron chi connectivity index (χ3n) is 5.37. The van der Waals surface area contributed by atoms with Gasteiger partial charge in [0.25, 0.3) is 11.5 Å². The number of amides is 2. The van der Waals surface area contributed by atoms with Gasteiger partial charge in [0.1, 0.15) is 5.56 Å². The van der Waals surface area contributed by atoms with Gasteiger partial charge in [-0.15, -0.1) is 11.8 Å². The van der Waals surface area contributed by atoms with E-state index in [-0.39, 0.29) is 17.0 Å². The summed E-state index contributed by atoms with van der Waals surface area (Å²) in [7, 11) is 0. The highest BCUT2D eigenvalue weighted by molar-refractivity contribution is 8.00. The van der Waals surface area contributed by atoms with Crippen molar-refractivity contribution in [2.75, 3.05) is 12.3 Å². The monoisotopic (exact) mass is 433 g/mol. The van der Waals surface area contributed by atoms with Crippen LogP contribution in [0.5, 0.6) is 0 Å². The van der Waals surface area contributed by atoms with Crippen LogP contribution in [-0.2, 0) is 24.3 Å². The first-order chi connectivity index (χ1) is 15.0. The fourth-order valence-corrected chi connectivity index (χ4v) is 4.65. The van der Waals surface area contributed by atoms with E-state index in [9.17, 15) is 14.4 Å². The summed E-state index contributed by atoms with van der Waals surface area (Å²) in [4.78, 5) is 40.6. The van der Waals surface area contributed by atoms with Crippen molar-refractivity contribution in [2.24, 2.45) is 5.73 Å². The van der Waals surface area contributed by atoms with Crippen molar-refractivity contribution in [1.82, 2.24) is 9.47 Å². The van der Waals surface area contributed by atoms with E-state index in [1.54, 1.807) is 11.1 Å². The zero-order chi connectivity index (χ0) is 21.8. The molecular weight excluding hydrogens is 410 g/mol. The Bertz CT molecular complexity index is 1160. The predicted molar refractivity (Wildman–Crippen MR) is 121 cm³/mol. The van der Waals surface area contributed by atoms with Crippen molar-refractivity contribution in [3.05, 3.63) is 99.5 Å². The largest absolute Gasteiger partial charge is 0.365 e. The number of carbonyl (C=O) groups excluding carboxylic acids is 2. The minimum atomic E-state index is -0.719. The van der Waals surface area contributed by atoms with Gasteiger partial charge in [0.2, 0.25) is 5.91 Å². The van der Waals surface area contributed by atoms with Crippen molar-refractivity contribution in [3.8, 4) is 0 Å². The van der Waals surface area contributed by atoms with Gasteiger partial charge in [0.15, 0.2) is 0 Å². The Balaban J connectivity index is 1.58. The fourth-order valence-electron chi connectivity index (χ4n) is 3.83. The number of pyridine rings is 1. The van der Waals surface area contributed by atoms with Crippen LogP contribution in [0.4, 0.5) is 0 Å². The second-order valence-electron chi connectivity index (χ2n) is 7.46. The molecule has 0 saturated heterocycles. The van der Waals surface area contributed by atoms with Crippen LogP contribution in [0.2, 0.25) is 0 Å². The zero-order valence-corrected chi connectivity index (χ0v) is 17.8. The quantitative estimate of drug-likeness (QED) is 0.606. The summed E-state index contributed by atoms with van der Waals surface area (Å²) in [5.74, 6) is -0.352. The Morgan fingerprint density at radius 3 is 2.35 bits per heavy atom. The van der Waals surface area contributed by atoms with Crippen LogP contribution >= 0.6 is 11.8 Å². The SMILES string of the molecule is NC(=O)c1c2c(cn(Cc3ccccc3)c1=O)CN(C(=O)CSc1ccccc1)CC2. The van der Waals surface area contributed by atoms with Crippen molar-refractivity contribution in [1.29, 1.82) is 0 Å². The molecule has 0 atom stereocenters. The minimum Gasteiger partial charge on any atom is -0.365 e. The molecule has 0 bridgehead atoms. The topological polar surface area (TPSA) is 85.4 Å². The number of primary amides is 1. The lowest BCUT2D eigenvalue weighted by Crippen LogP contribution is -2.41. The lowest BCUT2D eigenvalue weighted by molar-refractivity contribution is -0.129. The van der Waals surface area contributed by atoms with E-state index in [4.69, 9.17) is 5.73 Å². The van der Waals surface area contributed by atoms with Gasteiger partial charge in [-0.1, -0.05) is 48.5 Å². The van der Waals surface area contributed by atoms with Crippen LogP contribution in [-0.4, -0.2) is 33.6 Å². The highest BCUT2D eigenvalue weighted by Gasteiger charge is 2.27. The number of hydrogen-bond acceptors (Lipinski definition) is 4. The normalized spacial score (nSPS) is 13.0. The summed E-state index contributed by atoms with van der Waals surface area (Å²) in [5.41, 5.74) is 7.65. The molecule has 7 heteroatoms. The molecule has 0 spiro atoms. The standard InChI is InChI=1S/C24H23N3O3S/c25-23(29)22-20-11-12-26(21(28)16-31-19-9-5-2-6-10-19)14-18(20)15-27(24(22)30)13-17-7-3-1-4-8-17/h1-10,15H,11-14,16H2,(H2,25,29). The van der Waals surface area contributed by atoms with E-state index in [1.807, 2.05) is 60.7 Å². The first kappa shape index (κ1) is 20.9. The maximum Gasteiger partial charge on any atom is 0.264 e. The van der Waals surface area contributed by atoms with E-state index in [2.05, 4.69) is 0 Å². The summed E-state index contributed by atoms with van der Waals surface area (Å²) in [6.07, 6.45) is 2.21. The Hall–Kier alpha value is -3.32. The predicted octanol–water partition coefficient (Wildman–Crippen LogP) is 2.67. The van der Waals surface area contributed by atoms with Gasteiger partial charge in [-0.25, -0.2) is 0 Å². The zero-order valence-electron chi connectivity index (χ0n) is 17.0. The minimum absolute atomic E-state index is 0.0286. The number of nitrogens with two attached hydrogens (primary N) is 1. The lowest BCUT2D eigenvalue weighted by atomic mass is 9.96. The van der Waals surface area contributed by atoms with Gasteiger partial charge in [-0.05, 0) is 35.2 Å². The molecule has 3 aromatic rings. The van der Waals surface area contributed by atoms with Crippen LogP contribution in [0.15, 0.2) is 76.6 Å². The third-order valence-corrected chi connectivity index (χ3v) is 6.37. The molecule has 158 valence electrons. The van der Waals surface area contributed by atoms with E-state index < -0.39 is 5.91 Å². The van der Waals surface area contributed by atoms with Crippen LogP contribution in [0, 0.1) is 0 Å². The van der Waals surface area contributed by atoms with Crippen LogP contribution in [0.1, 0.15) is 27.0 Å². The van der Waals surface area contributed by atoms with Gasteiger partial charge in [-0.2, -0.15) is 0 Å². The van der Waals surface area contributed by atoms with E-state index in [0.717, 1.165) is 16.0 Å². The number of fused-ring (bicyclic) bond motifs is 1. The Morgan fingerprint density at radius 1 is 1.00 bits per heavy atom. The molecule has 2 aromatic carbocycles. The number of aromatic nitrogens is 1. The molecule has 0 aliphatic carbocycles. The van der Waals surface area contributed by atoms with Crippen molar-refractivity contribution in [3.63, 3.8) is 0 Å². The van der Waals surface area contributed by atoms with Crippen LogP contribution in [0.25, 0.3) is 0 Å². The number of thioether (sulfide) groups is 1. The Kier molecular flexibility index (Phi) is 6.23. The number of rotatable bonds is 6. The maximum atomic E-state index is 12.9. The van der Waals surface area contributed by atoms with E-state index in [1.165, 1.54) is 16.3 Å². The molecule has 2 amide bonds. The van der Waals surface area contributed by atoms with Crippen LogP contribution < -0.4 is 11.3 Å². The summed E-state index contributed by atoms with van der Waals surface area (Å²) < 4.78 is 1.51. The molecule has 1 aliphatic rings. The molecule has 0 radical (unpaired) electrons. The number of hydrogen-bond donors (Lipinski definition) is 1. The van der Waals surface area contributed by atoms with Crippen LogP contribution in [0.3, 0.4) is 0 Å². The summed E-state index contributed by atoms with van der Waals surface area (Å²) in [5, 5.41) is 0. The molecule has 0 fully saturated rings. The molecule has 2 heterocycles. The van der Waals surface area contributed by atoms with E-state index >= 15 is 0 Å². The summed E-state index contributed by atoms with van der Waals surface area (Å²) >= 11 is 1.50. The average molecular weight is 434 g/mol. The molecule has 0 saturated carbocycles. The second-order valence-corrected chi connectivity index (χ2v) is 8.51. The van der Waals surface area contributed by atoms with Gasteiger partial charge in [-0.3, -0.25) is 14.4 Å². The van der Waals surface area contributed by atoms with Crippen molar-refractivity contribution in [2.45, 2.75) is 24.4 Å². The molecule has 2 N–H and O–H groups in total. The first-order valence-corrected chi connectivity index (χ1v) is 11.1. The molecule has 6 nitrogen and oxygen atoms in total.